The summed E-state index contributed by atoms with van der Waals surface area (Å²) in [5.41, 5.74) is -0.0556. The van der Waals surface area contributed by atoms with E-state index in [2.05, 4.69) is 31.2 Å². The Labute approximate surface area is 115 Å². The van der Waals surface area contributed by atoms with Crippen LogP contribution in [0.25, 0.3) is 0 Å². The number of rotatable bonds is 2. The van der Waals surface area contributed by atoms with Crippen LogP contribution < -0.4 is 14.8 Å². The fourth-order valence-electron chi connectivity index (χ4n) is 1.33. The van der Waals surface area contributed by atoms with E-state index >= 15 is 0 Å². The highest BCUT2D eigenvalue weighted by Gasteiger charge is 2.21. The van der Waals surface area contributed by atoms with Gasteiger partial charge in [-0.3, -0.25) is 5.32 Å². The number of methoxy groups -OCH3 is 2. The first-order valence-corrected chi connectivity index (χ1v) is 6.27. The van der Waals surface area contributed by atoms with E-state index in [9.17, 15) is 0 Å². The van der Waals surface area contributed by atoms with Gasteiger partial charge in [-0.2, -0.15) is 0 Å². The van der Waals surface area contributed by atoms with Crippen LogP contribution in [0.3, 0.4) is 0 Å². The number of nitrogens with zero attached hydrogens (tertiary/aromatic N) is 2. The van der Waals surface area contributed by atoms with Gasteiger partial charge in [0.15, 0.2) is 0 Å². The molecule has 1 aromatic rings. The minimum absolute atomic E-state index is 0.0556. The van der Waals surface area contributed by atoms with E-state index in [1.807, 2.05) is 13.8 Å². The second kappa shape index (κ2) is 6.86. The van der Waals surface area contributed by atoms with Gasteiger partial charge in [-0.05, 0) is 29.8 Å². The van der Waals surface area contributed by atoms with Crippen molar-refractivity contribution in [3.63, 3.8) is 0 Å². The number of hydrogen-bond donors (Lipinski definition) is 1. The van der Waals surface area contributed by atoms with E-state index in [0.717, 1.165) is 13.2 Å². The predicted molar refractivity (Wildman–Crippen MR) is 70.9 cm³/mol. The Hall–Kier alpha value is -0.920. The molecule has 0 spiro atoms. The average Bonchev–Trinajstić information content (AvgIpc) is 2.75. The third-order valence-corrected chi connectivity index (χ3v) is 2.91. The number of ether oxygens (including phenoxy) is 3. The highest BCUT2D eigenvalue weighted by molar-refractivity contribution is 9.10. The topological polar surface area (TPSA) is 65.5 Å². The van der Waals surface area contributed by atoms with Crippen LogP contribution in [0.2, 0.25) is 0 Å². The van der Waals surface area contributed by atoms with Crippen molar-refractivity contribution in [2.24, 2.45) is 0 Å². The van der Waals surface area contributed by atoms with Crippen molar-refractivity contribution in [2.75, 3.05) is 27.4 Å². The summed E-state index contributed by atoms with van der Waals surface area (Å²) in [5.74, 6) is 0.939. The lowest BCUT2D eigenvalue weighted by Gasteiger charge is -2.15. The lowest BCUT2D eigenvalue weighted by molar-refractivity contribution is 0.0233. The Bertz CT molecular complexity index is 358. The Morgan fingerprint density at radius 2 is 1.83 bits per heavy atom. The van der Waals surface area contributed by atoms with E-state index in [4.69, 9.17) is 14.2 Å². The first kappa shape index (κ1) is 15.1. The van der Waals surface area contributed by atoms with Crippen molar-refractivity contribution >= 4 is 15.9 Å². The van der Waals surface area contributed by atoms with Crippen LogP contribution >= 0.6 is 15.9 Å². The Kier molecular flexibility index (Phi) is 5.77. The molecule has 0 saturated carbocycles. The molecule has 18 heavy (non-hydrogen) atoms. The summed E-state index contributed by atoms with van der Waals surface area (Å²) in [7, 11) is 3.07. The highest BCUT2D eigenvalue weighted by Crippen LogP contribution is 2.28. The average molecular weight is 320 g/mol. The van der Waals surface area contributed by atoms with Crippen LogP contribution in [0, 0.1) is 0 Å². The summed E-state index contributed by atoms with van der Waals surface area (Å²) >= 11 is 3.23. The number of halogens is 1. The van der Waals surface area contributed by atoms with Crippen molar-refractivity contribution in [1.82, 2.24) is 15.3 Å². The van der Waals surface area contributed by atoms with Crippen LogP contribution in [0.4, 0.5) is 0 Å². The van der Waals surface area contributed by atoms with E-state index < -0.39 is 0 Å². The fourth-order valence-corrected chi connectivity index (χ4v) is 1.86. The molecule has 0 aromatic carbocycles. The summed E-state index contributed by atoms with van der Waals surface area (Å²) in [5, 5.41) is 3.17. The summed E-state index contributed by atoms with van der Waals surface area (Å²) < 4.78 is 15.7. The molecule has 1 N–H and O–H groups in total. The molecule has 0 atom stereocenters. The summed E-state index contributed by atoms with van der Waals surface area (Å²) in [6.07, 6.45) is 1.38. The van der Waals surface area contributed by atoms with Crippen molar-refractivity contribution < 1.29 is 14.2 Å². The second-order valence-electron chi connectivity index (χ2n) is 3.99. The minimum atomic E-state index is -0.0556. The fraction of sp³-hybridized carbons (Fsp3) is 0.636. The summed E-state index contributed by atoms with van der Waals surface area (Å²) in [6.45, 7) is 5.90. The summed E-state index contributed by atoms with van der Waals surface area (Å²) in [6, 6.07) is 0. The SMILES string of the molecule is CC1(C)NCCO1.COc1ncnc(OC)c1Br. The van der Waals surface area contributed by atoms with Crippen LogP contribution in [0.1, 0.15) is 13.8 Å². The van der Waals surface area contributed by atoms with E-state index in [1.165, 1.54) is 20.5 Å². The maximum absolute atomic E-state index is 5.23. The van der Waals surface area contributed by atoms with Gasteiger partial charge < -0.3 is 14.2 Å². The van der Waals surface area contributed by atoms with Crippen molar-refractivity contribution in [1.29, 1.82) is 0 Å². The highest BCUT2D eigenvalue weighted by atomic mass is 79.9. The Morgan fingerprint density at radius 1 is 1.28 bits per heavy atom. The Morgan fingerprint density at radius 3 is 2.11 bits per heavy atom. The first-order valence-electron chi connectivity index (χ1n) is 5.47. The quantitative estimate of drug-likeness (QED) is 0.893. The molecule has 1 saturated heterocycles. The normalized spacial score (nSPS) is 16.7. The molecular weight excluding hydrogens is 302 g/mol. The second-order valence-corrected chi connectivity index (χ2v) is 4.78. The van der Waals surface area contributed by atoms with E-state index in [0.29, 0.717) is 16.2 Å². The van der Waals surface area contributed by atoms with Crippen molar-refractivity contribution in [3.05, 3.63) is 10.8 Å². The van der Waals surface area contributed by atoms with E-state index in [-0.39, 0.29) is 5.72 Å². The molecule has 0 unspecified atom stereocenters. The van der Waals surface area contributed by atoms with Gasteiger partial charge in [-0.1, -0.05) is 0 Å². The number of hydrogen-bond acceptors (Lipinski definition) is 6. The van der Waals surface area contributed by atoms with Gasteiger partial charge >= 0.3 is 0 Å². The molecule has 0 bridgehead atoms. The van der Waals surface area contributed by atoms with Gasteiger partial charge in [0, 0.05) is 6.54 Å². The largest absolute Gasteiger partial charge is 0.480 e. The van der Waals surface area contributed by atoms with Crippen LogP contribution in [0.5, 0.6) is 11.8 Å². The molecule has 102 valence electrons. The van der Waals surface area contributed by atoms with Crippen molar-refractivity contribution in [2.45, 2.75) is 19.6 Å². The van der Waals surface area contributed by atoms with Gasteiger partial charge in [0.1, 0.15) is 16.5 Å². The van der Waals surface area contributed by atoms with Gasteiger partial charge in [0.05, 0.1) is 20.8 Å². The predicted octanol–water partition coefficient (Wildman–Crippen LogP) is 1.60. The smallest absolute Gasteiger partial charge is 0.234 e. The maximum atomic E-state index is 5.23. The monoisotopic (exact) mass is 319 g/mol. The molecule has 2 rings (SSSR count). The number of nitrogens with one attached hydrogen (secondary N) is 1. The molecule has 6 nitrogen and oxygen atoms in total. The third kappa shape index (κ3) is 4.40. The molecule has 1 aliphatic heterocycles. The molecule has 0 amide bonds. The first-order chi connectivity index (χ1) is 8.50. The molecule has 0 radical (unpaired) electrons. The molecule has 1 aliphatic rings. The van der Waals surface area contributed by atoms with Crippen LogP contribution in [-0.4, -0.2) is 43.1 Å². The molecule has 7 heteroatoms. The van der Waals surface area contributed by atoms with Gasteiger partial charge in [-0.25, -0.2) is 9.97 Å². The lowest BCUT2D eigenvalue weighted by Crippen LogP contribution is -2.33. The third-order valence-electron chi connectivity index (χ3n) is 2.23. The van der Waals surface area contributed by atoms with Gasteiger partial charge in [0.2, 0.25) is 11.8 Å². The maximum Gasteiger partial charge on any atom is 0.234 e. The summed E-state index contributed by atoms with van der Waals surface area (Å²) in [4.78, 5) is 7.69. The van der Waals surface area contributed by atoms with E-state index in [1.54, 1.807) is 0 Å². The van der Waals surface area contributed by atoms with Gasteiger partial charge in [-0.15, -0.1) is 0 Å². The molecule has 1 fully saturated rings. The zero-order chi connectivity index (χ0) is 13.6. The number of aromatic nitrogens is 2. The van der Waals surface area contributed by atoms with Crippen LogP contribution in [0.15, 0.2) is 10.8 Å². The molecule has 1 aromatic heterocycles. The lowest BCUT2D eigenvalue weighted by atomic mass is 10.3. The molecule has 2 heterocycles. The zero-order valence-electron chi connectivity index (χ0n) is 11.0. The molecular formula is C11H18BrN3O3. The van der Waals surface area contributed by atoms with Crippen molar-refractivity contribution in [3.8, 4) is 11.8 Å². The van der Waals surface area contributed by atoms with Crippen LogP contribution in [-0.2, 0) is 4.74 Å². The standard InChI is InChI=1S/C6H7BrN2O2.C5H11NO/c1-10-5-4(7)6(11-2)9-3-8-5;1-5(2)6-3-4-7-5/h3H,1-2H3;6H,3-4H2,1-2H3. The zero-order valence-corrected chi connectivity index (χ0v) is 12.6. The minimum Gasteiger partial charge on any atom is -0.480 e. The molecule has 0 aliphatic carbocycles. The Balaban J connectivity index is 0.000000199. The van der Waals surface area contributed by atoms with Gasteiger partial charge in [0.25, 0.3) is 0 Å².